The molecular formula is C15H17N3S. The van der Waals surface area contributed by atoms with Crippen molar-refractivity contribution in [3.05, 3.63) is 53.4 Å². The molecule has 1 aromatic carbocycles. The van der Waals surface area contributed by atoms with E-state index < -0.39 is 0 Å². The quantitative estimate of drug-likeness (QED) is 0.675. The van der Waals surface area contributed by atoms with Crippen LogP contribution in [0.2, 0.25) is 0 Å². The maximum absolute atomic E-state index is 4.22. The first kappa shape index (κ1) is 12.4. The van der Waals surface area contributed by atoms with Crippen LogP contribution in [0, 0.1) is 0 Å². The zero-order valence-corrected chi connectivity index (χ0v) is 11.5. The average molecular weight is 271 g/mol. The molecule has 0 saturated heterocycles. The zero-order chi connectivity index (χ0) is 12.9. The molecule has 2 N–H and O–H groups in total. The Morgan fingerprint density at radius 3 is 3.11 bits per heavy atom. The Morgan fingerprint density at radius 2 is 2.21 bits per heavy atom. The van der Waals surface area contributed by atoms with E-state index in [2.05, 4.69) is 44.9 Å². The molecule has 0 spiro atoms. The Kier molecular flexibility index (Phi) is 3.91. The van der Waals surface area contributed by atoms with E-state index in [1.807, 2.05) is 17.5 Å². The summed E-state index contributed by atoms with van der Waals surface area (Å²) in [6.45, 7) is 1.97. The molecule has 0 fully saturated rings. The second-order valence-electron chi connectivity index (χ2n) is 4.57. The van der Waals surface area contributed by atoms with Crippen LogP contribution in [0.5, 0.6) is 0 Å². The minimum Gasteiger partial charge on any atom is -0.349 e. The molecule has 3 aromatic rings. The number of aryl methyl sites for hydroxylation is 1. The SMILES string of the molecule is c1ccc2c(CNCCCc3ncc[nH]3)csc2c1. The minimum atomic E-state index is 0.947. The second-order valence-corrected chi connectivity index (χ2v) is 5.48. The van der Waals surface area contributed by atoms with Crippen LogP contribution in [0.4, 0.5) is 0 Å². The van der Waals surface area contributed by atoms with Crippen molar-refractivity contribution in [3.63, 3.8) is 0 Å². The van der Waals surface area contributed by atoms with E-state index >= 15 is 0 Å². The number of hydrogen-bond acceptors (Lipinski definition) is 3. The largest absolute Gasteiger partial charge is 0.349 e. The summed E-state index contributed by atoms with van der Waals surface area (Å²) in [5.41, 5.74) is 1.40. The number of benzene rings is 1. The van der Waals surface area contributed by atoms with Crippen molar-refractivity contribution in [2.45, 2.75) is 19.4 Å². The van der Waals surface area contributed by atoms with Crippen molar-refractivity contribution >= 4 is 21.4 Å². The number of aromatic nitrogens is 2. The fraction of sp³-hybridized carbons (Fsp3) is 0.267. The maximum Gasteiger partial charge on any atom is 0.106 e. The number of fused-ring (bicyclic) bond motifs is 1. The highest BCUT2D eigenvalue weighted by atomic mass is 32.1. The van der Waals surface area contributed by atoms with Gasteiger partial charge in [0.05, 0.1) is 0 Å². The van der Waals surface area contributed by atoms with Crippen LogP contribution in [0.15, 0.2) is 42.0 Å². The van der Waals surface area contributed by atoms with Crippen LogP contribution >= 0.6 is 11.3 Å². The molecule has 19 heavy (non-hydrogen) atoms. The molecule has 0 aliphatic heterocycles. The lowest BCUT2D eigenvalue weighted by Gasteiger charge is -2.03. The van der Waals surface area contributed by atoms with Crippen molar-refractivity contribution in [1.82, 2.24) is 15.3 Å². The highest BCUT2D eigenvalue weighted by Gasteiger charge is 2.02. The maximum atomic E-state index is 4.22. The van der Waals surface area contributed by atoms with E-state index in [0.717, 1.165) is 31.8 Å². The van der Waals surface area contributed by atoms with E-state index in [1.54, 1.807) is 6.20 Å². The lowest BCUT2D eigenvalue weighted by atomic mass is 10.2. The molecule has 0 amide bonds. The van der Waals surface area contributed by atoms with Gasteiger partial charge in [0, 0.05) is 30.1 Å². The van der Waals surface area contributed by atoms with Crippen LogP contribution in [0.25, 0.3) is 10.1 Å². The summed E-state index contributed by atoms with van der Waals surface area (Å²) >= 11 is 1.82. The summed E-state index contributed by atoms with van der Waals surface area (Å²) in [5, 5.41) is 7.14. The Morgan fingerprint density at radius 1 is 1.26 bits per heavy atom. The van der Waals surface area contributed by atoms with Crippen LogP contribution in [-0.2, 0) is 13.0 Å². The van der Waals surface area contributed by atoms with Gasteiger partial charge in [-0.2, -0.15) is 0 Å². The molecule has 0 aliphatic carbocycles. The van der Waals surface area contributed by atoms with Crippen molar-refractivity contribution < 1.29 is 0 Å². The van der Waals surface area contributed by atoms with E-state index in [-0.39, 0.29) is 0 Å². The third kappa shape index (κ3) is 3.03. The van der Waals surface area contributed by atoms with Gasteiger partial charge in [0.1, 0.15) is 5.82 Å². The number of nitrogens with one attached hydrogen (secondary N) is 2. The fourth-order valence-electron chi connectivity index (χ4n) is 2.21. The summed E-state index contributed by atoms with van der Waals surface area (Å²) in [6.07, 6.45) is 5.79. The smallest absolute Gasteiger partial charge is 0.106 e. The molecule has 0 saturated carbocycles. The lowest BCUT2D eigenvalue weighted by molar-refractivity contribution is 0.643. The number of hydrogen-bond donors (Lipinski definition) is 2. The van der Waals surface area contributed by atoms with Gasteiger partial charge in [0.25, 0.3) is 0 Å². The predicted molar refractivity (Wildman–Crippen MR) is 80.4 cm³/mol. The monoisotopic (exact) mass is 271 g/mol. The van der Waals surface area contributed by atoms with Crippen molar-refractivity contribution in [1.29, 1.82) is 0 Å². The zero-order valence-electron chi connectivity index (χ0n) is 10.7. The Balaban J connectivity index is 1.47. The number of H-pyrrole nitrogens is 1. The molecule has 3 nitrogen and oxygen atoms in total. The summed E-state index contributed by atoms with van der Waals surface area (Å²) in [7, 11) is 0. The number of rotatable bonds is 6. The fourth-order valence-corrected chi connectivity index (χ4v) is 3.17. The van der Waals surface area contributed by atoms with Gasteiger partial charge in [-0.05, 0) is 35.4 Å². The molecule has 2 heterocycles. The van der Waals surface area contributed by atoms with Crippen LogP contribution < -0.4 is 5.32 Å². The summed E-state index contributed by atoms with van der Waals surface area (Å²) in [5.74, 6) is 1.07. The van der Waals surface area contributed by atoms with Crippen LogP contribution in [0.1, 0.15) is 17.8 Å². The molecule has 2 aromatic heterocycles. The molecular weight excluding hydrogens is 254 g/mol. The lowest BCUT2D eigenvalue weighted by Crippen LogP contribution is -2.15. The highest BCUT2D eigenvalue weighted by molar-refractivity contribution is 7.17. The van der Waals surface area contributed by atoms with Crippen molar-refractivity contribution in [3.8, 4) is 0 Å². The first-order chi connectivity index (χ1) is 9.43. The first-order valence-electron chi connectivity index (χ1n) is 6.57. The molecule has 0 radical (unpaired) electrons. The van der Waals surface area contributed by atoms with Gasteiger partial charge in [0.15, 0.2) is 0 Å². The third-order valence-electron chi connectivity index (χ3n) is 3.20. The van der Waals surface area contributed by atoms with Gasteiger partial charge in [-0.15, -0.1) is 11.3 Å². The van der Waals surface area contributed by atoms with Gasteiger partial charge in [-0.1, -0.05) is 18.2 Å². The molecule has 3 rings (SSSR count). The number of nitrogens with zero attached hydrogens (tertiary/aromatic N) is 1. The first-order valence-corrected chi connectivity index (χ1v) is 7.45. The van der Waals surface area contributed by atoms with Gasteiger partial charge in [-0.25, -0.2) is 4.98 Å². The van der Waals surface area contributed by atoms with Gasteiger partial charge < -0.3 is 10.3 Å². The molecule has 0 aliphatic rings. The standard InChI is InChI=1S/C15H17N3S/c1-2-5-14-13(4-1)12(11-19-14)10-16-7-3-6-15-17-8-9-18-15/h1-2,4-5,8-9,11,16H,3,6-7,10H2,(H,17,18). The molecule has 0 atom stereocenters. The molecule has 0 unspecified atom stereocenters. The summed E-state index contributed by atoms with van der Waals surface area (Å²) in [6, 6.07) is 8.58. The summed E-state index contributed by atoms with van der Waals surface area (Å²) < 4.78 is 1.37. The normalized spacial score (nSPS) is 11.2. The highest BCUT2D eigenvalue weighted by Crippen LogP contribution is 2.25. The van der Waals surface area contributed by atoms with Crippen LogP contribution in [0.3, 0.4) is 0 Å². The molecule has 98 valence electrons. The van der Waals surface area contributed by atoms with Crippen molar-refractivity contribution in [2.24, 2.45) is 0 Å². The Hall–Kier alpha value is -1.65. The van der Waals surface area contributed by atoms with E-state index in [9.17, 15) is 0 Å². The second kappa shape index (κ2) is 5.99. The van der Waals surface area contributed by atoms with E-state index in [0.29, 0.717) is 0 Å². The predicted octanol–water partition coefficient (Wildman–Crippen LogP) is 3.35. The van der Waals surface area contributed by atoms with Crippen molar-refractivity contribution in [2.75, 3.05) is 6.54 Å². The Bertz CT molecular complexity index is 628. The number of thiophene rings is 1. The number of aromatic amines is 1. The van der Waals surface area contributed by atoms with Gasteiger partial charge >= 0.3 is 0 Å². The summed E-state index contributed by atoms with van der Waals surface area (Å²) in [4.78, 5) is 7.35. The van der Waals surface area contributed by atoms with Gasteiger partial charge in [-0.3, -0.25) is 0 Å². The topological polar surface area (TPSA) is 40.7 Å². The van der Waals surface area contributed by atoms with E-state index in [1.165, 1.54) is 15.6 Å². The minimum absolute atomic E-state index is 0.947. The third-order valence-corrected chi connectivity index (χ3v) is 4.21. The molecule has 4 heteroatoms. The Labute approximate surface area is 116 Å². The van der Waals surface area contributed by atoms with E-state index in [4.69, 9.17) is 0 Å². The average Bonchev–Trinajstić information content (AvgIpc) is 3.08. The van der Waals surface area contributed by atoms with Crippen LogP contribution in [-0.4, -0.2) is 16.5 Å². The molecule has 0 bridgehead atoms. The van der Waals surface area contributed by atoms with Gasteiger partial charge in [0.2, 0.25) is 0 Å². The number of imidazole rings is 1.